The number of aliphatic hydroxyl groups is 1. The van der Waals surface area contributed by atoms with Gasteiger partial charge in [0.05, 0.1) is 12.6 Å². The third-order valence-electron chi connectivity index (χ3n) is 3.93. The topological polar surface area (TPSA) is 38.0 Å². The van der Waals surface area contributed by atoms with E-state index in [9.17, 15) is 5.11 Å². The van der Waals surface area contributed by atoms with Crippen LogP contribution < -0.4 is 0 Å². The lowest BCUT2D eigenvalue weighted by atomic mass is 9.88. The largest absolute Gasteiger partial charge is 0.394 e. The van der Waals surface area contributed by atoms with Gasteiger partial charge in [-0.1, -0.05) is 19.3 Å². The van der Waals surface area contributed by atoms with Crippen LogP contribution in [-0.4, -0.2) is 33.3 Å². The van der Waals surface area contributed by atoms with Crippen molar-refractivity contribution in [2.45, 2.75) is 50.5 Å². The average Bonchev–Trinajstić information content (AvgIpc) is 2.90. The van der Waals surface area contributed by atoms with E-state index in [-0.39, 0.29) is 12.6 Å². The first kappa shape index (κ1) is 13.9. The molecular formula is C14H24N2OS. The van der Waals surface area contributed by atoms with Crippen LogP contribution in [-0.2, 0) is 0 Å². The fourth-order valence-corrected chi connectivity index (χ4v) is 3.39. The number of aliphatic hydroxyl groups excluding tert-OH is 1. The molecule has 0 spiro atoms. The molecular weight excluding hydrogens is 244 g/mol. The minimum Gasteiger partial charge on any atom is -0.394 e. The molecule has 2 rings (SSSR count). The molecule has 0 amide bonds. The molecule has 0 saturated heterocycles. The predicted octanol–water partition coefficient (Wildman–Crippen LogP) is 3.22. The van der Waals surface area contributed by atoms with Crippen molar-refractivity contribution in [1.82, 2.24) is 9.55 Å². The third kappa shape index (κ3) is 3.29. The van der Waals surface area contributed by atoms with Gasteiger partial charge >= 0.3 is 0 Å². The van der Waals surface area contributed by atoms with E-state index >= 15 is 0 Å². The molecule has 1 fully saturated rings. The molecule has 0 bridgehead atoms. The minimum atomic E-state index is 0.205. The smallest absolute Gasteiger partial charge is 0.112 e. The van der Waals surface area contributed by atoms with E-state index < -0.39 is 0 Å². The summed E-state index contributed by atoms with van der Waals surface area (Å²) in [6.45, 7) is 0.219. The summed E-state index contributed by atoms with van der Waals surface area (Å²) in [6.07, 6.45) is 13.6. The monoisotopic (exact) mass is 268 g/mol. The minimum absolute atomic E-state index is 0.205. The molecule has 1 aliphatic rings. The molecule has 0 aliphatic heterocycles. The van der Waals surface area contributed by atoms with E-state index in [0.29, 0.717) is 5.92 Å². The first-order valence-electron chi connectivity index (χ1n) is 6.99. The fourth-order valence-electron chi connectivity index (χ4n) is 2.88. The van der Waals surface area contributed by atoms with Gasteiger partial charge in [0.15, 0.2) is 0 Å². The highest BCUT2D eigenvalue weighted by Gasteiger charge is 2.22. The number of nitrogens with zero attached hydrogens (tertiary/aromatic N) is 2. The van der Waals surface area contributed by atoms with Gasteiger partial charge in [0.1, 0.15) is 5.82 Å². The molecule has 1 N–H and O–H groups in total. The highest BCUT2D eigenvalue weighted by atomic mass is 32.2. The maximum atomic E-state index is 9.59. The lowest BCUT2D eigenvalue weighted by molar-refractivity contribution is 0.219. The number of thioether (sulfide) groups is 1. The summed E-state index contributed by atoms with van der Waals surface area (Å²) in [6, 6.07) is 0.205. The molecule has 18 heavy (non-hydrogen) atoms. The maximum Gasteiger partial charge on any atom is 0.112 e. The van der Waals surface area contributed by atoms with E-state index in [2.05, 4.69) is 15.8 Å². The molecule has 102 valence electrons. The molecule has 1 atom stereocenters. The number of rotatable bonds is 6. The van der Waals surface area contributed by atoms with E-state index in [1.165, 1.54) is 37.9 Å². The van der Waals surface area contributed by atoms with Gasteiger partial charge in [0.25, 0.3) is 0 Å². The van der Waals surface area contributed by atoms with Gasteiger partial charge in [0, 0.05) is 18.3 Å². The second-order valence-corrected chi connectivity index (χ2v) is 6.13. The van der Waals surface area contributed by atoms with Crippen molar-refractivity contribution in [3.05, 3.63) is 18.2 Å². The number of imidazole rings is 1. The Kier molecular flexibility index (Phi) is 5.57. The zero-order valence-corrected chi connectivity index (χ0v) is 12.0. The predicted molar refractivity (Wildman–Crippen MR) is 77.2 cm³/mol. The highest BCUT2D eigenvalue weighted by molar-refractivity contribution is 7.98. The molecule has 0 radical (unpaired) electrons. The van der Waals surface area contributed by atoms with Gasteiger partial charge in [0.2, 0.25) is 0 Å². The van der Waals surface area contributed by atoms with Crippen molar-refractivity contribution in [2.24, 2.45) is 0 Å². The van der Waals surface area contributed by atoms with Crippen LogP contribution in [0.2, 0.25) is 0 Å². The lowest BCUT2D eigenvalue weighted by Crippen LogP contribution is -2.19. The van der Waals surface area contributed by atoms with Crippen molar-refractivity contribution in [3.8, 4) is 0 Å². The fraction of sp³-hybridized carbons (Fsp3) is 0.786. The first-order valence-corrected chi connectivity index (χ1v) is 8.38. The van der Waals surface area contributed by atoms with Crippen LogP contribution in [0, 0.1) is 0 Å². The van der Waals surface area contributed by atoms with Crippen LogP contribution in [0.5, 0.6) is 0 Å². The van der Waals surface area contributed by atoms with Crippen LogP contribution in [0.3, 0.4) is 0 Å². The van der Waals surface area contributed by atoms with Gasteiger partial charge in [-0.15, -0.1) is 0 Å². The Labute approximate surface area is 114 Å². The molecule has 3 nitrogen and oxygen atoms in total. The van der Waals surface area contributed by atoms with Crippen LogP contribution in [0.15, 0.2) is 12.4 Å². The zero-order valence-electron chi connectivity index (χ0n) is 11.2. The Morgan fingerprint density at radius 3 is 2.89 bits per heavy atom. The van der Waals surface area contributed by atoms with Crippen LogP contribution in [0.25, 0.3) is 0 Å². The van der Waals surface area contributed by atoms with E-state index in [1.807, 2.05) is 24.2 Å². The number of hydrogen-bond acceptors (Lipinski definition) is 3. The molecule has 1 aromatic rings. The molecule has 4 heteroatoms. The zero-order chi connectivity index (χ0) is 12.8. The molecule has 0 unspecified atom stereocenters. The van der Waals surface area contributed by atoms with Gasteiger partial charge in [-0.3, -0.25) is 0 Å². The molecule has 1 aliphatic carbocycles. The van der Waals surface area contributed by atoms with Gasteiger partial charge in [-0.2, -0.15) is 11.8 Å². The highest BCUT2D eigenvalue weighted by Crippen LogP contribution is 2.33. The Morgan fingerprint density at radius 2 is 2.22 bits per heavy atom. The second-order valence-electron chi connectivity index (χ2n) is 5.15. The van der Waals surface area contributed by atoms with Gasteiger partial charge in [-0.05, 0) is 31.3 Å². The maximum absolute atomic E-state index is 9.59. The Morgan fingerprint density at radius 1 is 1.44 bits per heavy atom. The summed E-state index contributed by atoms with van der Waals surface area (Å²) in [4.78, 5) is 4.56. The summed E-state index contributed by atoms with van der Waals surface area (Å²) >= 11 is 1.84. The van der Waals surface area contributed by atoms with Crippen LogP contribution in [0.1, 0.15) is 56.3 Å². The summed E-state index contributed by atoms with van der Waals surface area (Å²) in [5.74, 6) is 2.90. The van der Waals surface area contributed by atoms with Gasteiger partial charge < -0.3 is 9.67 Å². The molecule has 1 aromatic heterocycles. The Bertz CT molecular complexity index is 347. The van der Waals surface area contributed by atoms with E-state index in [0.717, 1.165) is 12.2 Å². The van der Waals surface area contributed by atoms with Crippen molar-refractivity contribution in [3.63, 3.8) is 0 Å². The molecule has 1 heterocycles. The van der Waals surface area contributed by atoms with Crippen molar-refractivity contribution >= 4 is 11.8 Å². The standard InChI is InChI=1S/C14H24N2OS/c1-18-10-7-13(11-17)16-9-8-15-14(16)12-5-3-2-4-6-12/h8-9,12-13,17H,2-7,10-11H2,1H3/t13-/m0/s1. The molecule has 1 saturated carbocycles. The average molecular weight is 268 g/mol. The molecule has 0 aromatic carbocycles. The number of hydrogen-bond donors (Lipinski definition) is 1. The second kappa shape index (κ2) is 7.19. The van der Waals surface area contributed by atoms with Crippen molar-refractivity contribution in [2.75, 3.05) is 18.6 Å². The van der Waals surface area contributed by atoms with Crippen molar-refractivity contribution < 1.29 is 5.11 Å². The summed E-state index contributed by atoms with van der Waals surface area (Å²) in [5.41, 5.74) is 0. The van der Waals surface area contributed by atoms with Crippen LogP contribution in [0.4, 0.5) is 0 Å². The normalized spacial score (nSPS) is 19.0. The SMILES string of the molecule is CSCC[C@@H](CO)n1ccnc1C1CCCCC1. The summed E-state index contributed by atoms with van der Waals surface area (Å²) < 4.78 is 2.23. The quantitative estimate of drug-likeness (QED) is 0.861. The van der Waals surface area contributed by atoms with Crippen molar-refractivity contribution in [1.29, 1.82) is 0 Å². The Hall–Kier alpha value is -0.480. The summed E-state index contributed by atoms with van der Waals surface area (Å²) in [5, 5.41) is 9.59. The van der Waals surface area contributed by atoms with Gasteiger partial charge in [-0.25, -0.2) is 4.98 Å². The first-order chi connectivity index (χ1) is 8.86. The lowest BCUT2D eigenvalue weighted by Gasteiger charge is -2.25. The van der Waals surface area contributed by atoms with Crippen LogP contribution >= 0.6 is 11.8 Å². The number of aromatic nitrogens is 2. The van der Waals surface area contributed by atoms with E-state index in [4.69, 9.17) is 0 Å². The summed E-state index contributed by atoms with van der Waals surface area (Å²) in [7, 11) is 0. The van der Waals surface area contributed by atoms with E-state index in [1.54, 1.807) is 0 Å². The Balaban J connectivity index is 2.09. The third-order valence-corrected chi connectivity index (χ3v) is 4.57.